The second kappa shape index (κ2) is 6.94. The highest BCUT2D eigenvalue weighted by Gasteiger charge is 2.59. The lowest BCUT2D eigenvalue weighted by Crippen LogP contribution is -2.71. The Morgan fingerprint density at radius 2 is 2.04 bits per heavy atom. The number of thiocarbonyl (C=S) groups is 1. The van der Waals surface area contributed by atoms with Gasteiger partial charge in [0.25, 0.3) is 0 Å². The Kier molecular flexibility index (Phi) is 4.71. The van der Waals surface area contributed by atoms with Crippen molar-refractivity contribution in [2.24, 2.45) is 5.92 Å². The van der Waals surface area contributed by atoms with Gasteiger partial charge in [-0.25, -0.2) is 0 Å². The van der Waals surface area contributed by atoms with Crippen LogP contribution in [0.3, 0.4) is 0 Å². The molecular formula is C21H21ClN2O3S. The fraction of sp³-hybridized carbons (Fsp3) is 0.333. The molecule has 28 heavy (non-hydrogen) atoms. The van der Waals surface area contributed by atoms with Crippen molar-refractivity contribution >= 4 is 40.6 Å². The number of halogens is 1. The zero-order valence-electron chi connectivity index (χ0n) is 15.9. The Bertz CT molecular complexity index is 949. The van der Waals surface area contributed by atoms with E-state index in [1.54, 1.807) is 13.0 Å². The van der Waals surface area contributed by atoms with E-state index in [1.165, 1.54) is 0 Å². The number of fused-ring (bicyclic) bond motifs is 4. The zero-order valence-corrected chi connectivity index (χ0v) is 17.4. The molecule has 0 aliphatic carbocycles. The van der Waals surface area contributed by atoms with E-state index >= 15 is 0 Å². The first-order valence-corrected chi connectivity index (χ1v) is 9.96. The minimum absolute atomic E-state index is 0.287. The van der Waals surface area contributed by atoms with Crippen LogP contribution in [0, 0.1) is 12.8 Å². The van der Waals surface area contributed by atoms with E-state index in [9.17, 15) is 4.79 Å². The summed E-state index contributed by atoms with van der Waals surface area (Å²) in [6.07, 6.45) is 0. The molecule has 0 spiro atoms. The molecule has 2 aliphatic rings. The molecule has 1 saturated heterocycles. The first-order valence-electron chi connectivity index (χ1n) is 9.17. The number of hydrogen-bond acceptors (Lipinski definition) is 4. The molecule has 2 aliphatic heterocycles. The zero-order chi connectivity index (χ0) is 20.1. The number of aryl methyl sites for hydroxylation is 1. The van der Waals surface area contributed by atoms with Gasteiger partial charge in [-0.15, -0.1) is 0 Å². The van der Waals surface area contributed by atoms with Gasteiger partial charge in [0, 0.05) is 16.3 Å². The molecule has 0 amide bonds. The summed E-state index contributed by atoms with van der Waals surface area (Å²) in [6.45, 7) is 5.98. The van der Waals surface area contributed by atoms with Gasteiger partial charge in [0.15, 0.2) is 5.11 Å². The number of rotatable bonds is 3. The van der Waals surface area contributed by atoms with E-state index in [-0.39, 0.29) is 18.6 Å². The van der Waals surface area contributed by atoms with Crippen LogP contribution in [0.5, 0.6) is 5.75 Å². The molecule has 2 bridgehead atoms. The van der Waals surface area contributed by atoms with Gasteiger partial charge in [-0.3, -0.25) is 9.69 Å². The number of carbonyl (C=O) groups excluding carboxylic acids is 1. The van der Waals surface area contributed by atoms with Gasteiger partial charge in [-0.2, -0.15) is 0 Å². The van der Waals surface area contributed by atoms with Crippen molar-refractivity contribution in [1.29, 1.82) is 0 Å². The van der Waals surface area contributed by atoms with Crippen molar-refractivity contribution in [1.82, 2.24) is 5.32 Å². The Morgan fingerprint density at radius 3 is 2.71 bits per heavy atom. The standard InChI is InChI=1S/C21H21ClN2O3S/c1-4-26-19(25)17-18-15-11-13(22)7-10-16(15)27-21(17,3)24(20(28)23-18)14-8-5-12(2)6-9-14/h5-11,17-18H,4H2,1-3H3,(H,23,28)/t17-,18+,21-/m0/s1. The molecule has 3 atom stereocenters. The predicted molar refractivity (Wildman–Crippen MR) is 113 cm³/mol. The smallest absolute Gasteiger partial charge is 0.317 e. The van der Waals surface area contributed by atoms with E-state index in [0.29, 0.717) is 15.9 Å². The average Bonchev–Trinajstić information content (AvgIpc) is 2.63. The number of hydrogen-bond donors (Lipinski definition) is 1. The van der Waals surface area contributed by atoms with Gasteiger partial charge in [-0.05, 0) is 63.3 Å². The summed E-state index contributed by atoms with van der Waals surface area (Å²) in [6, 6.07) is 13.0. The Hall–Kier alpha value is -2.31. The monoisotopic (exact) mass is 416 g/mol. The van der Waals surface area contributed by atoms with Gasteiger partial charge < -0.3 is 14.8 Å². The Balaban J connectivity index is 1.89. The molecule has 1 N–H and O–H groups in total. The van der Waals surface area contributed by atoms with Crippen LogP contribution in [0.4, 0.5) is 5.69 Å². The molecule has 0 aromatic heterocycles. The van der Waals surface area contributed by atoms with E-state index in [2.05, 4.69) is 5.32 Å². The summed E-state index contributed by atoms with van der Waals surface area (Å²) in [4.78, 5) is 14.9. The first-order chi connectivity index (χ1) is 13.3. The highest BCUT2D eigenvalue weighted by Crippen LogP contribution is 2.50. The molecule has 7 heteroatoms. The van der Waals surface area contributed by atoms with Crippen LogP contribution >= 0.6 is 23.8 Å². The molecule has 2 heterocycles. The van der Waals surface area contributed by atoms with Crippen LogP contribution in [0.15, 0.2) is 42.5 Å². The molecule has 0 radical (unpaired) electrons. The van der Waals surface area contributed by atoms with Crippen molar-refractivity contribution in [3.8, 4) is 5.75 Å². The van der Waals surface area contributed by atoms with Gasteiger partial charge in [-0.1, -0.05) is 29.3 Å². The molecule has 5 nitrogen and oxygen atoms in total. The summed E-state index contributed by atoms with van der Waals surface area (Å²) in [5.41, 5.74) is 1.73. The van der Waals surface area contributed by atoms with Crippen LogP contribution in [0.25, 0.3) is 0 Å². The normalized spacial score (nSPS) is 25.4. The second-order valence-electron chi connectivity index (χ2n) is 7.17. The molecule has 0 unspecified atom stereocenters. The van der Waals surface area contributed by atoms with E-state index in [1.807, 2.05) is 55.1 Å². The predicted octanol–water partition coefficient (Wildman–Crippen LogP) is 4.37. The third-order valence-electron chi connectivity index (χ3n) is 5.29. The molecule has 1 fully saturated rings. The molecule has 2 aromatic rings. The van der Waals surface area contributed by atoms with Crippen LogP contribution < -0.4 is 15.0 Å². The van der Waals surface area contributed by atoms with Crippen LogP contribution in [-0.2, 0) is 9.53 Å². The Labute approximate surface area is 174 Å². The number of benzene rings is 2. The topological polar surface area (TPSA) is 50.8 Å². The van der Waals surface area contributed by atoms with E-state index in [0.717, 1.165) is 16.8 Å². The Morgan fingerprint density at radius 1 is 1.32 bits per heavy atom. The van der Waals surface area contributed by atoms with Crippen molar-refractivity contribution in [3.63, 3.8) is 0 Å². The quantitative estimate of drug-likeness (QED) is 0.592. The lowest BCUT2D eigenvalue weighted by molar-refractivity contribution is -0.159. The second-order valence-corrected chi connectivity index (χ2v) is 7.99. The van der Waals surface area contributed by atoms with E-state index in [4.69, 9.17) is 33.3 Å². The van der Waals surface area contributed by atoms with Crippen molar-refractivity contribution in [2.45, 2.75) is 32.5 Å². The SMILES string of the molecule is CCOC(=O)[C@@H]1[C@@H]2NC(=S)N(c3ccc(C)cc3)[C@@]1(C)Oc1ccc(Cl)cc12. The first kappa shape index (κ1) is 19.0. The van der Waals surface area contributed by atoms with E-state index < -0.39 is 11.6 Å². The number of nitrogens with zero attached hydrogens (tertiary/aromatic N) is 1. The lowest BCUT2D eigenvalue weighted by atomic mass is 9.79. The molecule has 146 valence electrons. The number of nitrogens with one attached hydrogen (secondary N) is 1. The van der Waals surface area contributed by atoms with Crippen LogP contribution in [0.2, 0.25) is 5.02 Å². The van der Waals surface area contributed by atoms with Crippen molar-refractivity contribution in [3.05, 3.63) is 58.6 Å². The fourth-order valence-electron chi connectivity index (χ4n) is 4.03. The van der Waals surface area contributed by atoms with Gasteiger partial charge in [0.2, 0.25) is 5.72 Å². The maximum absolute atomic E-state index is 13.0. The summed E-state index contributed by atoms with van der Waals surface area (Å²) in [5, 5.41) is 4.39. The van der Waals surface area contributed by atoms with Gasteiger partial charge >= 0.3 is 5.97 Å². The van der Waals surface area contributed by atoms with Gasteiger partial charge in [0.05, 0.1) is 12.6 Å². The largest absolute Gasteiger partial charge is 0.466 e. The lowest BCUT2D eigenvalue weighted by Gasteiger charge is -2.55. The highest BCUT2D eigenvalue weighted by atomic mass is 35.5. The minimum atomic E-state index is -1.05. The molecule has 4 rings (SSSR count). The number of anilines is 1. The number of carbonyl (C=O) groups is 1. The van der Waals surface area contributed by atoms with Crippen molar-refractivity contribution in [2.75, 3.05) is 11.5 Å². The third-order valence-corrected chi connectivity index (χ3v) is 5.83. The minimum Gasteiger partial charge on any atom is -0.466 e. The average molecular weight is 417 g/mol. The molecule has 0 saturated carbocycles. The molecular weight excluding hydrogens is 396 g/mol. The fourth-order valence-corrected chi connectivity index (χ4v) is 4.62. The van der Waals surface area contributed by atoms with Crippen molar-refractivity contribution < 1.29 is 14.3 Å². The van der Waals surface area contributed by atoms with Crippen LogP contribution in [-0.4, -0.2) is 23.4 Å². The summed E-state index contributed by atoms with van der Waals surface area (Å²) in [7, 11) is 0. The van der Waals surface area contributed by atoms with Gasteiger partial charge in [0.1, 0.15) is 11.7 Å². The maximum Gasteiger partial charge on any atom is 0.317 e. The summed E-state index contributed by atoms with van der Waals surface area (Å²) in [5.74, 6) is -0.302. The number of esters is 1. The number of ether oxygens (including phenoxy) is 2. The summed E-state index contributed by atoms with van der Waals surface area (Å²) < 4.78 is 11.8. The summed E-state index contributed by atoms with van der Waals surface area (Å²) >= 11 is 11.9. The third kappa shape index (κ3) is 2.91. The van der Waals surface area contributed by atoms with Crippen LogP contribution in [0.1, 0.15) is 31.0 Å². The maximum atomic E-state index is 13.0. The highest BCUT2D eigenvalue weighted by molar-refractivity contribution is 7.80. The molecule has 2 aromatic carbocycles.